The van der Waals surface area contributed by atoms with Gasteiger partial charge in [0, 0.05) is 17.5 Å². The van der Waals surface area contributed by atoms with Crippen molar-refractivity contribution in [3.8, 4) is 11.1 Å². The van der Waals surface area contributed by atoms with Gasteiger partial charge in [-0.1, -0.05) is 62.4 Å². The molecule has 1 heterocycles. The Morgan fingerprint density at radius 1 is 1.08 bits per heavy atom. The van der Waals surface area contributed by atoms with Crippen molar-refractivity contribution in [1.82, 2.24) is 0 Å². The Morgan fingerprint density at radius 3 is 2.48 bits per heavy atom. The molecule has 0 unspecified atom stereocenters. The van der Waals surface area contributed by atoms with Crippen molar-refractivity contribution in [3.05, 3.63) is 40.8 Å². The summed E-state index contributed by atoms with van der Waals surface area (Å²) in [5, 5.41) is 6.42. The molecule has 0 bridgehead atoms. The molecule has 1 aromatic heterocycles. The highest BCUT2D eigenvalue weighted by atomic mass is 32.1. The zero-order valence-corrected chi connectivity index (χ0v) is 16.4. The first-order valence-electron chi connectivity index (χ1n) is 9.26. The van der Waals surface area contributed by atoms with Gasteiger partial charge in [-0.2, -0.15) is 0 Å². The SMILES string of the molecule is CCCCCCCNc1scc(-c2ccc(C)cc2)c1C(=O)OCC. The molecule has 0 aliphatic carbocycles. The van der Waals surface area contributed by atoms with Gasteiger partial charge in [0.1, 0.15) is 10.6 Å². The van der Waals surface area contributed by atoms with E-state index < -0.39 is 0 Å². The van der Waals surface area contributed by atoms with Crippen LogP contribution in [0, 0.1) is 6.92 Å². The zero-order valence-electron chi connectivity index (χ0n) is 15.6. The first kappa shape index (κ1) is 19.5. The lowest BCUT2D eigenvalue weighted by atomic mass is 10.0. The topological polar surface area (TPSA) is 38.3 Å². The molecule has 0 saturated heterocycles. The van der Waals surface area contributed by atoms with Crippen LogP contribution in [0.25, 0.3) is 11.1 Å². The quantitative estimate of drug-likeness (QED) is 0.400. The number of anilines is 1. The highest BCUT2D eigenvalue weighted by molar-refractivity contribution is 7.15. The Hall–Kier alpha value is -1.81. The van der Waals surface area contributed by atoms with Crippen LogP contribution in [-0.2, 0) is 4.74 Å². The van der Waals surface area contributed by atoms with Gasteiger partial charge in [0.2, 0.25) is 0 Å². The van der Waals surface area contributed by atoms with Crippen molar-refractivity contribution in [2.45, 2.75) is 52.9 Å². The summed E-state index contributed by atoms with van der Waals surface area (Å²) < 4.78 is 5.30. The van der Waals surface area contributed by atoms with Crippen molar-refractivity contribution in [2.24, 2.45) is 0 Å². The first-order chi connectivity index (χ1) is 12.2. The minimum absolute atomic E-state index is 0.243. The molecule has 4 heteroatoms. The summed E-state index contributed by atoms with van der Waals surface area (Å²) in [6.45, 7) is 7.41. The fraction of sp³-hybridized carbons (Fsp3) is 0.476. The number of carbonyl (C=O) groups excluding carboxylic acids is 1. The Morgan fingerprint density at radius 2 is 1.80 bits per heavy atom. The molecule has 25 heavy (non-hydrogen) atoms. The van der Waals surface area contributed by atoms with E-state index >= 15 is 0 Å². The van der Waals surface area contributed by atoms with Crippen LogP contribution in [0.3, 0.4) is 0 Å². The van der Waals surface area contributed by atoms with Gasteiger partial charge in [-0.15, -0.1) is 11.3 Å². The van der Waals surface area contributed by atoms with Crippen molar-refractivity contribution >= 4 is 22.3 Å². The van der Waals surface area contributed by atoms with Crippen LogP contribution in [0.15, 0.2) is 29.6 Å². The van der Waals surface area contributed by atoms with E-state index in [-0.39, 0.29) is 5.97 Å². The van der Waals surface area contributed by atoms with Crippen molar-refractivity contribution < 1.29 is 9.53 Å². The summed E-state index contributed by atoms with van der Waals surface area (Å²) in [5.41, 5.74) is 3.89. The van der Waals surface area contributed by atoms with Crippen LogP contribution in [0.2, 0.25) is 0 Å². The number of carbonyl (C=O) groups is 1. The summed E-state index contributed by atoms with van der Waals surface area (Å²) in [4.78, 5) is 12.5. The lowest BCUT2D eigenvalue weighted by Crippen LogP contribution is -2.09. The maximum atomic E-state index is 12.5. The van der Waals surface area contributed by atoms with Crippen LogP contribution < -0.4 is 5.32 Å². The number of aryl methyl sites for hydroxylation is 1. The molecule has 3 nitrogen and oxygen atoms in total. The lowest BCUT2D eigenvalue weighted by Gasteiger charge is -2.09. The van der Waals surface area contributed by atoms with Crippen LogP contribution >= 0.6 is 11.3 Å². The van der Waals surface area contributed by atoms with E-state index in [1.165, 1.54) is 31.2 Å². The molecule has 1 N–H and O–H groups in total. The normalized spacial score (nSPS) is 10.7. The number of ether oxygens (including phenoxy) is 1. The van der Waals surface area contributed by atoms with E-state index in [2.05, 4.69) is 48.8 Å². The molecule has 0 aliphatic rings. The van der Waals surface area contributed by atoms with E-state index in [0.717, 1.165) is 29.1 Å². The minimum atomic E-state index is -0.243. The molecule has 0 amide bonds. The van der Waals surface area contributed by atoms with E-state index in [4.69, 9.17) is 4.74 Å². The standard InChI is InChI=1S/C21H29NO2S/c1-4-6-7-8-9-14-22-20-19(21(23)24-5-2)18(15-25-20)17-12-10-16(3)11-13-17/h10-13,15,22H,4-9,14H2,1-3H3. The predicted molar refractivity (Wildman–Crippen MR) is 108 cm³/mol. The Kier molecular flexibility index (Phi) is 7.99. The summed E-state index contributed by atoms with van der Waals surface area (Å²) in [6.07, 6.45) is 6.18. The highest BCUT2D eigenvalue weighted by Crippen LogP contribution is 2.36. The third-order valence-electron chi connectivity index (χ3n) is 4.20. The van der Waals surface area contributed by atoms with Gasteiger partial charge in [0.05, 0.1) is 6.61 Å². The second kappa shape index (κ2) is 10.2. The first-order valence-corrected chi connectivity index (χ1v) is 10.1. The monoisotopic (exact) mass is 359 g/mol. The Balaban J connectivity index is 2.13. The van der Waals surface area contributed by atoms with Gasteiger partial charge >= 0.3 is 5.97 Å². The molecule has 2 aromatic rings. The fourth-order valence-electron chi connectivity index (χ4n) is 2.77. The van der Waals surface area contributed by atoms with Gasteiger partial charge in [0.15, 0.2) is 0 Å². The second-order valence-corrected chi connectivity index (χ2v) is 7.16. The number of nitrogens with one attached hydrogen (secondary N) is 1. The Labute approximate surface area is 155 Å². The van der Waals surface area contributed by atoms with Gasteiger partial charge in [-0.25, -0.2) is 4.79 Å². The smallest absolute Gasteiger partial charge is 0.341 e. The summed E-state index contributed by atoms with van der Waals surface area (Å²) in [7, 11) is 0. The van der Waals surface area contributed by atoms with E-state index in [1.807, 2.05) is 6.92 Å². The number of esters is 1. The third-order valence-corrected chi connectivity index (χ3v) is 5.14. The highest BCUT2D eigenvalue weighted by Gasteiger charge is 2.21. The maximum Gasteiger partial charge on any atom is 0.341 e. The fourth-order valence-corrected chi connectivity index (χ4v) is 3.76. The maximum absolute atomic E-state index is 12.5. The number of thiophene rings is 1. The zero-order chi connectivity index (χ0) is 18.1. The van der Waals surface area contributed by atoms with Crippen molar-refractivity contribution in [3.63, 3.8) is 0 Å². The molecular formula is C21H29NO2S. The Bertz CT molecular complexity index is 661. The molecule has 0 aliphatic heterocycles. The van der Waals surface area contributed by atoms with Crippen molar-refractivity contribution in [1.29, 1.82) is 0 Å². The predicted octanol–water partition coefficient (Wildman–Crippen LogP) is 6.28. The molecular weight excluding hydrogens is 330 g/mol. The average molecular weight is 360 g/mol. The lowest BCUT2D eigenvalue weighted by molar-refractivity contribution is 0.0529. The second-order valence-electron chi connectivity index (χ2n) is 6.28. The number of rotatable bonds is 10. The molecule has 136 valence electrons. The number of hydrogen-bond donors (Lipinski definition) is 1. The van der Waals surface area contributed by atoms with E-state index in [1.54, 1.807) is 11.3 Å². The van der Waals surface area contributed by atoms with E-state index in [9.17, 15) is 4.79 Å². The summed E-state index contributed by atoms with van der Waals surface area (Å²) in [6, 6.07) is 8.27. The van der Waals surface area contributed by atoms with Crippen molar-refractivity contribution in [2.75, 3.05) is 18.5 Å². The van der Waals surface area contributed by atoms with Gasteiger partial charge < -0.3 is 10.1 Å². The van der Waals surface area contributed by atoms with Crippen LogP contribution in [0.5, 0.6) is 0 Å². The van der Waals surface area contributed by atoms with Gasteiger partial charge in [0.25, 0.3) is 0 Å². The molecule has 2 rings (SSSR count). The molecule has 0 radical (unpaired) electrons. The molecule has 0 saturated carbocycles. The molecule has 0 fully saturated rings. The summed E-state index contributed by atoms with van der Waals surface area (Å²) >= 11 is 1.59. The molecule has 0 spiro atoms. The van der Waals surface area contributed by atoms with Crippen LogP contribution in [0.4, 0.5) is 5.00 Å². The number of benzene rings is 1. The minimum Gasteiger partial charge on any atom is -0.462 e. The molecule has 0 atom stereocenters. The average Bonchev–Trinajstić information content (AvgIpc) is 3.03. The summed E-state index contributed by atoms with van der Waals surface area (Å²) in [5.74, 6) is -0.243. The molecule has 1 aromatic carbocycles. The van der Waals surface area contributed by atoms with E-state index in [0.29, 0.717) is 12.2 Å². The number of hydrogen-bond acceptors (Lipinski definition) is 4. The van der Waals surface area contributed by atoms with Gasteiger partial charge in [-0.3, -0.25) is 0 Å². The van der Waals surface area contributed by atoms with Crippen LogP contribution in [0.1, 0.15) is 61.9 Å². The number of unbranched alkanes of at least 4 members (excludes halogenated alkanes) is 4. The largest absolute Gasteiger partial charge is 0.462 e. The van der Waals surface area contributed by atoms with Gasteiger partial charge in [-0.05, 0) is 25.8 Å². The van der Waals surface area contributed by atoms with Crippen LogP contribution in [-0.4, -0.2) is 19.1 Å². The third kappa shape index (κ3) is 5.60.